The molecule has 5 N–H and O–H groups in total. The third-order valence-corrected chi connectivity index (χ3v) is 5.95. The van der Waals surface area contributed by atoms with Gasteiger partial charge in [-0.2, -0.15) is 0 Å². The lowest BCUT2D eigenvalue weighted by Crippen LogP contribution is -2.58. The minimum absolute atomic E-state index is 0.0240. The quantitative estimate of drug-likeness (QED) is 0.379. The second-order valence-corrected chi connectivity index (χ2v) is 9.36. The van der Waals surface area contributed by atoms with E-state index in [2.05, 4.69) is 10.6 Å². The molecule has 1 rings (SSSR count). The standard InChI is InChI=1S/C22H40N4O5/c1-7-14(6)17(23)20(28)24-15(11-12(2)3)21(29)26-10-8-9-16(26)19(27)25-18(13(4)5)22(30)31/h12-18H,7-11,23H2,1-6H3,(H,24,28)(H,25,27)(H,30,31). The number of rotatable bonds is 11. The van der Waals surface area contributed by atoms with Crippen molar-refractivity contribution in [3.63, 3.8) is 0 Å². The van der Waals surface area contributed by atoms with E-state index in [0.717, 1.165) is 6.42 Å². The minimum atomic E-state index is -1.11. The van der Waals surface area contributed by atoms with E-state index in [1.165, 1.54) is 4.90 Å². The number of hydrogen-bond acceptors (Lipinski definition) is 5. The summed E-state index contributed by atoms with van der Waals surface area (Å²) in [6.45, 7) is 11.6. The maximum atomic E-state index is 13.3. The van der Waals surface area contributed by atoms with Crippen LogP contribution < -0.4 is 16.4 Å². The van der Waals surface area contributed by atoms with Crippen molar-refractivity contribution in [2.24, 2.45) is 23.5 Å². The highest BCUT2D eigenvalue weighted by atomic mass is 16.4. The van der Waals surface area contributed by atoms with Crippen LogP contribution in [-0.2, 0) is 19.2 Å². The Balaban J connectivity index is 2.98. The van der Waals surface area contributed by atoms with Crippen LogP contribution in [0.3, 0.4) is 0 Å². The molecule has 9 heteroatoms. The fourth-order valence-electron chi connectivity index (χ4n) is 3.74. The molecule has 5 atom stereocenters. The molecule has 0 aliphatic carbocycles. The van der Waals surface area contributed by atoms with Gasteiger partial charge in [0.1, 0.15) is 18.1 Å². The lowest BCUT2D eigenvalue weighted by molar-refractivity contribution is -0.146. The van der Waals surface area contributed by atoms with E-state index in [1.807, 2.05) is 27.7 Å². The summed E-state index contributed by atoms with van der Waals surface area (Å²) < 4.78 is 0. The third kappa shape index (κ3) is 7.48. The molecule has 5 unspecified atom stereocenters. The number of nitrogens with zero attached hydrogens (tertiary/aromatic N) is 1. The first-order valence-corrected chi connectivity index (χ1v) is 11.3. The number of aliphatic carboxylic acids is 1. The first kappa shape index (κ1) is 26.9. The summed E-state index contributed by atoms with van der Waals surface area (Å²) in [5.74, 6) is -2.46. The van der Waals surface area contributed by atoms with Gasteiger partial charge in [-0.3, -0.25) is 14.4 Å². The van der Waals surface area contributed by atoms with Gasteiger partial charge in [0.05, 0.1) is 6.04 Å². The lowest BCUT2D eigenvalue weighted by Gasteiger charge is -2.31. The number of nitrogens with one attached hydrogen (secondary N) is 2. The predicted molar refractivity (Wildman–Crippen MR) is 118 cm³/mol. The van der Waals surface area contributed by atoms with E-state index in [1.54, 1.807) is 13.8 Å². The fourth-order valence-corrected chi connectivity index (χ4v) is 3.74. The average molecular weight is 441 g/mol. The average Bonchev–Trinajstić information content (AvgIpc) is 3.18. The molecular weight excluding hydrogens is 400 g/mol. The largest absolute Gasteiger partial charge is 0.480 e. The molecule has 178 valence electrons. The number of carboxylic acids is 1. The fraction of sp³-hybridized carbons (Fsp3) is 0.818. The van der Waals surface area contributed by atoms with E-state index in [0.29, 0.717) is 25.8 Å². The van der Waals surface area contributed by atoms with Crippen LogP contribution in [0.1, 0.15) is 67.2 Å². The summed E-state index contributed by atoms with van der Waals surface area (Å²) in [5, 5.41) is 14.7. The first-order valence-electron chi connectivity index (χ1n) is 11.3. The molecule has 31 heavy (non-hydrogen) atoms. The van der Waals surface area contributed by atoms with E-state index in [4.69, 9.17) is 5.73 Å². The molecule has 1 heterocycles. The third-order valence-electron chi connectivity index (χ3n) is 5.95. The van der Waals surface area contributed by atoms with Crippen LogP contribution in [0.5, 0.6) is 0 Å². The molecule has 0 radical (unpaired) electrons. The zero-order valence-electron chi connectivity index (χ0n) is 19.7. The van der Waals surface area contributed by atoms with Crippen molar-refractivity contribution in [2.45, 2.75) is 91.4 Å². The topological polar surface area (TPSA) is 142 Å². The highest BCUT2D eigenvalue weighted by molar-refractivity contribution is 5.94. The van der Waals surface area contributed by atoms with Gasteiger partial charge < -0.3 is 26.4 Å². The second kappa shape index (κ2) is 12.0. The van der Waals surface area contributed by atoms with Crippen LogP contribution in [0.25, 0.3) is 0 Å². The molecule has 0 spiro atoms. The van der Waals surface area contributed by atoms with Gasteiger partial charge in [0, 0.05) is 6.54 Å². The molecular formula is C22H40N4O5. The number of nitrogens with two attached hydrogens (primary N) is 1. The first-order chi connectivity index (χ1) is 14.4. The second-order valence-electron chi connectivity index (χ2n) is 9.36. The molecule has 3 amide bonds. The van der Waals surface area contributed by atoms with Crippen LogP contribution in [-0.4, -0.2) is 64.4 Å². The number of carbonyl (C=O) groups is 4. The summed E-state index contributed by atoms with van der Waals surface area (Å²) >= 11 is 0. The molecule has 0 aromatic carbocycles. The monoisotopic (exact) mass is 440 g/mol. The van der Waals surface area contributed by atoms with Crippen molar-refractivity contribution in [1.29, 1.82) is 0 Å². The van der Waals surface area contributed by atoms with Crippen LogP contribution in [0.4, 0.5) is 0 Å². The Hall–Kier alpha value is -2.16. The molecule has 9 nitrogen and oxygen atoms in total. The Labute approximate surface area is 185 Å². The number of carboxylic acid groups (broad SMARTS) is 1. The zero-order chi connectivity index (χ0) is 23.9. The van der Waals surface area contributed by atoms with Gasteiger partial charge >= 0.3 is 5.97 Å². The maximum Gasteiger partial charge on any atom is 0.326 e. The van der Waals surface area contributed by atoms with Crippen molar-refractivity contribution in [2.75, 3.05) is 6.54 Å². The van der Waals surface area contributed by atoms with Crippen molar-refractivity contribution in [3.05, 3.63) is 0 Å². The van der Waals surface area contributed by atoms with E-state index in [-0.39, 0.29) is 29.6 Å². The van der Waals surface area contributed by atoms with Crippen LogP contribution in [0, 0.1) is 17.8 Å². The van der Waals surface area contributed by atoms with Gasteiger partial charge in [-0.15, -0.1) is 0 Å². The molecule has 0 saturated carbocycles. The summed E-state index contributed by atoms with van der Waals surface area (Å²) in [4.78, 5) is 51.7. The molecule has 1 aliphatic heterocycles. The summed E-state index contributed by atoms with van der Waals surface area (Å²) in [5.41, 5.74) is 6.03. The van der Waals surface area contributed by atoms with E-state index < -0.39 is 36.0 Å². The summed E-state index contributed by atoms with van der Waals surface area (Å²) in [7, 11) is 0. The highest BCUT2D eigenvalue weighted by Gasteiger charge is 2.39. The van der Waals surface area contributed by atoms with Crippen molar-refractivity contribution in [1.82, 2.24) is 15.5 Å². The van der Waals surface area contributed by atoms with Gasteiger partial charge in [0.15, 0.2) is 0 Å². The Morgan fingerprint density at radius 3 is 2.19 bits per heavy atom. The summed E-state index contributed by atoms with van der Waals surface area (Å²) in [6.07, 6.45) is 2.26. The van der Waals surface area contributed by atoms with E-state index in [9.17, 15) is 24.3 Å². The molecule has 0 aromatic heterocycles. The normalized spacial score (nSPS) is 20.3. The number of likely N-dealkylation sites (tertiary alicyclic amines) is 1. The SMILES string of the molecule is CCC(C)C(N)C(=O)NC(CC(C)C)C(=O)N1CCCC1C(=O)NC(C(=O)O)C(C)C. The van der Waals surface area contributed by atoms with Crippen LogP contribution in [0.15, 0.2) is 0 Å². The van der Waals surface area contributed by atoms with Crippen molar-refractivity contribution in [3.8, 4) is 0 Å². The Bertz CT molecular complexity index is 652. The maximum absolute atomic E-state index is 13.3. The molecule has 1 aliphatic rings. The lowest BCUT2D eigenvalue weighted by atomic mass is 9.97. The highest BCUT2D eigenvalue weighted by Crippen LogP contribution is 2.21. The van der Waals surface area contributed by atoms with Crippen LogP contribution >= 0.6 is 0 Å². The zero-order valence-corrected chi connectivity index (χ0v) is 19.7. The minimum Gasteiger partial charge on any atom is -0.480 e. The smallest absolute Gasteiger partial charge is 0.326 e. The molecule has 0 aromatic rings. The molecule has 0 bridgehead atoms. The van der Waals surface area contributed by atoms with E-state index >= 15 is 0 Å². The number of hydrogen-bond donors (Lipinski definition) is 4. The number of carbonyl (C=O) groups excluding carboxylic acids is 3. The van der Waals surface area contributed by atoms with Gasteiger partial charge in [0.2, 0.25) is 17.7 Å². The Morgan fingerprint density at radius 1 is 1.10 bits per heavy atom. The Morgan fingerprint density at radius 2 is 1.71 bits per heavy atom. The van der Waals surface area contributed by atoms with Crippen molar-refractivity contribution < 1.29 is 24.3 Å². The van der Waals surface area contributed by atoms with Crippen molar-refractivity contribution >= 4 is 23.7 Å². The summed E-state index contributed by atoms with van der Waals surface area (Å²) in [6, 6.07) is -3.27. The predicted octanol–water partition coefficient (Wildman–Crippen LogP) is 1.11. The van der Waals surface area contributed by atoms with Gasteiger partial charge in [-0.05, 0) is 37.0 Å². The Kier molecular flexibility index (Phi) is 10.4. The molecule has 1 fully saturated rings. The van der Waals surface area contributed by atoms with Gasteiger partial charge in [-0.25, -0.2) is 4.79 Å². The van der Waals surface area contributed by atoms with Gasteiger partial charge in [0.25, 0.3) is 0 Å². The van der Waals surface area contributed by atoms with Gasteiger partial charge in [-0.1, -0.05) is 48.0 Å². The number of amides is 3. The molecule has 1 saturated heterocycles. The van der Waals surface area contributed by atoms with Crippen LogP contribution in [0.2, 0.25) is 0 Å².